The van der Waals surface area contributed by atoms with Gasteiger partial charge in [-0.3, -0.25) is 4.79 Å². The summed E-state index contributed by atoms with van der Waals surface area (Å²) in [5.74, 6) is 1.09. The van der Waals surface area contributed by atoms with E-state index < -0.39 is 0 Å². The van der Waals surface area contributed by atoms with E-state index in [4.69, 9.17) is 10.5 Å². The Morgan fingerprint density at radius 3 is 3.05 bits per heavy atom. The summed E-state index contributed by atoms with van der Waals surface area (Å²) in [4.78, 5) is 11.6. The number of benzene rings is 1. The molecule has 0 radical (unpaired) electrons. The Hall–Kier alpha value is -1.55. The SMILES string of the molecule is CC(C)CNC(=O)COc1ccc2c(c1)C(N)CCC2. The van der Waals surface area contributed by atoms with Crippen LogP contribution in [0.2, 0.25) is 0 Å². The van der Waals surface area contributed by atoms with Crippen LogP contribution >= 0.6 is 0 Å². The van der Waals surface area contributed by atoms with Gasteiger partial charge in [-0.05, 0) is 48.4 Å². The standard InChI is InChI=1S/C16H24N2O2/c1-11(2)9-18-16(19)10-20-13-7-6-12-4-3-5-15(17)14(12)8-13/h6-8,11,15H,3-5,9-10,17H2,1-2H3,(H,18,19). The molecule has 0 heterocycles. The second-order valence-corrected chi connectivity index (χ2v) is 5.85. The van der Waals surface area contributed by atoms with Gasteiger partial charge in [-0.1, -0.05) is 19.9 Å². The van der Waals surface area contributed by atoms with E-state index in [0.717, 1.165) is 30.6 Å². The fourth-order valence-electron chi connectivity index (χ4n) is 2.42. The lowest BCUT2D eigenvalue weighted by Crippen LogP contribution is -2.31. The number of fused-ring (bicyclic) bond motifs is 1. The van der Waals surface area contributed by atoms with Gasteiger partial charge in [-0.15, -0.1) is 0 Å². The predicted molar refractivity (Wildman–Crippen MR) is 79.7 cm³/mol. The smallest absolute Gasteiger partial charge is 0.257 e. The van der Waals surface area contributed by atoms with Gasteiger partial charge in [0.2, 0.25) is 0 Å². The molecule has 110 valence electrons. The summed E-state index contributed by atoms with van der Waals surface area (Å²) in [6, 6.07) is 6.06. The van der Waals surface area contributed by atoms with Gasteiger partial charge in [0.05, 0.1) is 0 Å². The highest BCUT2D eigenvalue weighted by molar-refractivity contribution is 5.77. The molecule has 1 aliphatic rings. The van der Waals surface area contributed by atoms with E-state index >= 15 is 0 Å². The summed E-state index contributed by atoms with van der Waals surface area (Å²) < 4.78 is 5.55. The van der Waals surface area contributed by atoms with Crippen molar-refractivity contribution in [2.45, 2.75) is 39.2 Å². The Morgan fingerprint density at radius 2 is 2.30 bits per heavy atom. The van der Waals surface area contributed by atoms with Crippen LogP contribution in [-0.2, 0) is 11.2 Å². The topological polar surface area (TPSA) is 64.3 Å². The number of carbonyl (C=O) groups excluding carboxylic acids is 1. The van der Waals surface area contributed by atoms with Crippen LogP contribution in [0.3, 0.4) is 0 Å². The van der Waals surface area contributed by atoms with Crippen molar-refractivity contribution in [2.75, 3.05) is 13.2 Å². The van der Waals surface area contributed by atoms with E-state index in [1.165, 1.54) is 5.56 Å². The molecule has 0 fully saturated rings. The first-order valence-corrected chi connectivity index (χ1v) is 7.34. The van der Waals surface area contributed by atoms with Gasteiger partial charge in [-0.2, -0.15) is 0 Å². The molecule has 0 aromatic heterocycles. The molecule has 0 spiro atoms. The zero-order valence-corrected chi connectivity index (χ0v) is 12.3. The molecule has 20 heavy (non-hydrogen) atoms. The second-order valence-electron chi connectivity index (χ2n) is 5.85. The van der Waals surface area contributed by atoms with Crippen LogP contribution in [0.1, 0.15) is 43.9 Å². The Balaban J connectivity index is 1.90. The molecule has 1 aromatic carbocycles. The van der Waals surface area contributed by atoms with Gasteiger partial charge < -0.3 is 15.8 Å². The molecule has 4 nitrogen and oxygen atoms in total. The number of nitrogens with one attached hydrogen (secondary N) is 1. The summed E-state index contributed by atoms with van der Waals surface area (Å²) in [6.45, 7) is 4.86. The molecule has 2 rings (SSSR count). The van der Waals surface area contributed by atoms with Crippen molar-refractivity contribution in [3.8, 4) is 5.75 Å². The number of ether oxygens (including phenoxy) is 1. The summed E-state index contributed by atoms with van der Waals surface area (Å²) in [5, 5.41) is 2.83. The summed E-state index contributed by atoms with van der Waals surface area (Å²) in [5.41, 5.74) is 8.59. The molecular weight excluding hydrogens is 252 g/mol. The fourth-order valence-corrected chi connectivity index (χ4v) is 2.42. The molecule has 1 unspecified atom stereocenters. The highest BCUT2D eigenvalue weighted by atomic mass is 16.5. The molecule has 1 aromatic rings. The number of amides is 1. The van der Waals surface area contributed by atoms with Crippen molar-refractivity contribution < 1.29 is 9.53 Å². The minimum absolute atomic E-state index is 0.0563. The molecule has 0 saturated carbocycles. The number of nitrogens with two attached hydrogens (primary N) is 1. The maximum Gasteiger partial charge on any atom is 0.257 e. The van der Waals surface area contributed by atoms with Crippen LogP contribution in [0.4, 0.5) is 0 Å². The fraction of sp³-hybridized carbons (Fsp3) is 0.562. The van der Waals surface area contributed by atoms with Crippen molar-refractivity contribution in [1.29, 1.82) is 0 Å². The molecule has 1 aliphatic carbocycles. The Kier molecular flexibility index (Phi) is 5.01. The highest BCUT2D eigenvalue weighted by Crippen LogP contribution is 2.30. The zero-order chi connectivity index (χ0) is 14.5. The Bertz CT molecular complexity index is 472. The normalized spacial score (nSPS) is 17.7. The number of hydrogen-bond donors (Lipinski definition) is 2. The van der Waals surface area contributed by atoms with Crippen molar-refractivity contribution in [3.63, 3.8) is 0 Å². The molecule has 1 atom stereocenters. The van der Waals surface area contributed by atoms with E-state index in [-0.39, 0.29) is 18.6 Å². The van der Waals surface area contributed by atoms with Crippen LogP contribution in [0.5, 0.6) is 5.75 Å². The maximum absolute atomic E-state index is 11.6. The van der Waals surface area contributed by atoms with E-state index in [2.05, 4.69) is 25.2 Å². The summed E-state index contributed by atoms with van der Waals surface area (Å²) in [7, 11) is 0. The van der Waals surface area contributed by atoms with Crippen LogP contribution in [-0.4, -0.2) is 19.1 Å². The minimum Gasteiger partial charge on any atom is -0.484 e. The third kappa shape index (κ3) is 3.97. The van der Waals surface area contributed by atoms with E-state index in [0.29, 0.717) is 12.5 Å². The van der Waals surface area contributed by atoms with Crippen LogP contribution < -0.4 is 15.8 Å². The lowest BCUT2D eigenvalue weighted by Gasteiger charge is -2.22. The van der Waals surface area contributed by atoms with E-state index in [9.17, 15) is 4.79 Å². The van der Waals surface area contributed by atoms with Gasteiger partial charge in [0.25, 0.3) is 5.91 Å². The number of carbonyl (C=O) groups is 1. The first-order chi connectivity index (χ1) is 9.56. The molecule has 0 aliphatic heterocycles. The van der Waals surface area contributed by atoms with Crippen LogP contribution in [0.25, 0.3) is 0 Å². The highest BCUT2D eigenvalue weighted by Gasteiger charge is 2.17. The number of rotatable bonds is 5. The summed E-state index contributed by atoms with van der Waals surface area (Å²) in [6.07, 6.45) is 3.25. The van der Waals surface area contributed by atoms with Gasteiger partial charge in [0, 0.05) is 12.6 Å². The Labute approximate surface area is 120 Å². The predicted octanol–water partition coefficient (Wildman–Crippen LogP) is 2.17. The van der Waals surface area contributed by atoms with E-state index in [1.54, 1.807) is 0 Å². The van der Waals surface area contributed by atoms with Crippen molar-refractivity contribution in [1.82, 2.24) is 5.32 Å². The molecule has 0 bridgehead atoms. The molecule has 1 amide bonds. The molecule has 0 saturated heterocycles. The van der Waals surface area contributed by atoms with Crippen molar-refractivity contribution in [2.24, 2.45) is 11.7 Å². The van der Waals surface area contributed by atoms with Gasteiger partial charge in [0.1, 0.15) is 5.75 Å². The lowest BCUT2D eigenvalue weighted by atomic mass is 9.88. The van der Waals surface area contributed by atoms with Crippen LogP contribution in [0, 0.1) is 5.92 Å². The Morgan fingerprint density at radius 1 is 1.50 bits per heavy atom. The van der Waals surface area contributed by atoms with Crippen LogP contribution in [0.15, 0.2) is 18.2 Å². The maximum atomic E-state index is 11.6. The van der Waals surface area contributed by atoms with Gasteiger partial charge in [0.15, 0.2) is 6.61 Å². The monoisotopic (exact) mass is 276 g/mol. The average Bonchev–Trinajstić information content (AvgIpc) is 2.43. The quantitative estimate of drug-likeness (QED) is 0.866. The zero-order valence-electron chi connectivity index (χ0n) is 12.3. The van der Waals surface area contributed by atoms with E-state index in [1.807, 2.05) is 12.1 Å². The first kappa shape index (κ1) is 14.9. The van der Waals surface area contributed by atoms with Crippen molar-refractivity contribution in [3.05, 3.63) is 29.3 Å². The summed E-state index contributed by atoms with van der Waals surface area (Å²) >= 11 is 0. The minimum atomic E-state index is -0.0827. The molecular formula is C16H24N2O2. The third-order valence-electron chi connectivity index (χ3n) is 3.56. The average molecular weight is 276 g/mol. The first-order valence-electron chi connectivity index (χ1n) is 7.34. The third-order valence-corrected chi connectivity index (χ3v) is 3.56. The second kappa shape index (κ2) is 6.75. The van der Waals surface area contributed by atoms with Crippen molar-refractivity contribution >= 4 is 5.91 Å². The van der Waals surface area contributed by atoms with Gasteiger partial charge in [-0.25, -0.2) is 0 Å². The molecule has 3 N–H and O–H groups in total. The number of aryl methyl sites for hydroxylation is 1. The number of hydrogen-bond acceptors (Lipinski definition) is 3. The lowest BCUT2D eigenvalue weighted by molar-refractivity contribution is -0.123. The largest absolute Gasteiger partial charge is 0.484 e. The molecule has 4 heteroatoms. The van der Waals surface area contributed by atoms with Gasteiger partial charge >= 0.3 is 0 Å².